The number of nitro benzene ring substituents is 1. The molecule has 0 bridgehead atoms. The molecule has 4 heterocycles. The van der Waals surface area contributed by atoms with E-state index >= 15 is 0 Å². The molecule has 0 aliphatic carbocycles. The Kier molecular flexibility index (Phi) is 5.23. The Balaban J connectivity index is 1.52. The predicted octanol–water partition coefficient (Wildman–Crippen LogP) is 3.29. The summed E-state index contributed by atoms with van der Waals surface area (Å²) in [4.78, 5) is 59.7. The van der Waals surface area contributed by atoms with Crippen LogP contribution in [-0.4, -0.2) is 39.4 Å². The van der Waals surface area contributed by atoms with Crippen LogP contribution in [0.15, 0.2) is 71.5 Å². The second-order valence-electron chi connectivity index (χ2n) is 11.0. The van der Waals surface area contributed by atoms with Crippen molar-refractivity contribution in [2.24, 2.45) is 17.8 Å². The van der Waals surface area contributed by atoms with Gasteiger partial charge in [-0.3, -0.25) is 34.4 Å². The van der Waals surface area contributed by atoms with Gasteiger partial charge in [0.25, 0.3) is 11.2 Å². The van der Waals surface area contributed by atoms with Gasteiger partial charge in [-0.05, 0) is 30.2 Å². The summed E-state index contributed by atoms with van der Waals surface area (Å²) in [7, 11) is 1.38. The molecule has 11 nitrogen and oxygen atoms in total. The standard InChI is InChI=1S/C30H25N5O6/c1-15(2)25-23-24(28(38)33(27(23)37)21-14-16(35(39)40)12-13-22(21)41-3)30(32-25)18-9-5-7-11-20(18)34-26(36)17-8-4-6-10-19(17)31-29(30)34/h4-15,23-25,32H,1-3H3/t23-,24-,25-,30-/m0/s1. The molecule has 7 rings (SSSR count). The topological polar surface area (TPSA) is 137 Å². The number of nitrogens with zero attached hydrogens (tertiary/aromatic N) is 4. The third-order valence-corrected chi connectivity index (χ3v) is 8.63. The minimum Gasteiger partial charge on any atom is -0.495 e. The van der Waals surface area contributed by atoms with Gasteiger partial charge in [-0.25, -0.2) is 9.88 Å². The molecule has 3 aromatic carbocycles. The summed E-state index contributed by atoms with van der Waals surface area (Å²) in [5, 5.41) is 15.7. The van der Waals surface area contributed by atoms with E-state index in [1.165, 1.54) is 25.3 Å². The lowest BCUT2D eigenvalue weighted by Gasteiger charge is -2.32. The summed E-state index contributed by atoms with van der Waals surface area (Å²) in [5.41, 5.74) is -0.0806. The van der Waals surface area contributed by atoms with E-state index in [2.05, 4.69) is 5.32 Å². The number of nitro groups is 1. The van der Waals surface area contributed by atoms with Gasteiger partial charge in [-0.2, -0.15) is 0 Å². The number of amides is 2. The Morgan fingerprint density at radius 3 is 2.46 bits per heavy atom. The molecular weight excluding hydrogens is 526 g/mol. The number of carbonyl (C=O) groups is 2. The zero-order valence-electron chi connectivity index (χ0n) is 22.4. The molecule has 1 spiro atoms. The number of imide groups is 1. The van der Waals surface area contributed by atoms with Gasteiger partial charge in [-0.1, -0.05) is 44.2 Å². The van der Waals surface area contributed by atoms with E-state index in [4.69, 9.17) is 9.72 Å². The summed E-state index contributed by atoms with van der Waals surface area (Å²) in [6.45, 7) is 3.92. The lowest BCUT2D eigenvalue weighted by molar-refractivity contribution is -0.384. The van der Waals surface area contributed by atoms with Crippen LogP contribution < -0.4 is 20.5 Å². The number of carbonyl (C=O) groups excluding carboxylic acids is 2. The number of methoxy groups -OCH3 is 1. The Labute approximate surface area is 233 Å². The lowest BCUT2D eigenvalue weighted by Crippen LogP contribution is -2.51. The number of nitrogens with one attached hydrogen (secondary N) is 1. The molecule has 3 aliphatic rings. The van der Waals surface area contributed by atoms with Crippen molar-refractivity contribution in [3.8, 4) is 11.4 Å². The lowest BCUT2D eigenvalue weighted by atomic mass is 9.75. The van der Waals surface area contributed by atoms with Gasteiger partial charge in [0.2, 0.25) is 11.8 Å². The highest BCUT2D eigenvalue weighted by molar-refractivity contribution is 6.24. The number of fused-ring (bicyclic) bond motifs is 8. The van der Waals surface area contributed by atoms with E-state index in [1.807, 2.05) is 38.1 Å². The molecule has 2 amide bonds. The van der Waals surface area contributed by atoms with Crippen molar-refractivity contribution in [1.82, 2.24) is 14.9 Å². The molecule has 2 saturated heterocycles. The fourth-order valence-corrected chi connectivity index (χ4v) is 6.93. The summed E-state index contributed by atoms with van der Waals surface area (Å²) in [6.07, 6.45) is 0. The van der Waals surface area contributed by atoms with E-state index < -0.39 is 40.2 Å². The molecule has 4 atom stereocenters. The van der Waals surface area contributed by atoms with Crippen LogP contribution in [0, 0.1) is 27.9 Å². The van der Waals surface area contributed by atoms with Crippen molar-refractivity contribution in [2.75, 3.05) is 12.0 Å². The zero-order chi connectivity index (χ0) is 28.8. The molecule has 11 heteroatoms. The average Bonchev–Trinajstić information content (AvgIpc) is 3.56. The highest BCUT2D eigenvalue weighted by Crippen LogP contribution is 2.57. The molecule has 1 aromatic heterocycles. The van der Waals surface area contributed by atoms with Crippen molar-refractivity contribution in [1.29, 1.82) is 0 Å². The first-order valence-electron chi connectivity index (χ1n) is 13.3. The monoisotopic (exact) mass is 551 g/mol. The number of rotatable bonds is 4. The maximum Gasteiger partial charge on any atom is 0.271 e. The van der Waals surface area contributed by atoms with Crippen molar-refractivity contribution < 1.29 is 19.2 Å². The predicted molar refractivity (Wildman–Crippen MR) is 149 cm³/mol. The minimum absolute atomic E-state index is 0.0129. The number of ether oxygens (including phenoxy) is 1. The minimum atomic E-state index is -1.30. The fraction of sp³-hybridized carbons (Fsp3) is 0.267. The Bertz CT molecular complexity index is 1880. The smallest absolute Gasteiger partial charge is 0.271 e. The number of hydrogen-bond acceptors (Lipinski definition) is 8. The first-order chi connectivity index (χ1) is 19.7. The number of anilines is 1. The summed E-state index contributed by atoms with van der Waals surface area (Å²) in [6, 6.07) is 17.7. The molecule has 2 fully saturated rings. The molecule has 4 aromatic rings. The van der Waals surface area contributed by atoms with Crippen LogP contribution in [0.3, 0.4) is 0 Å². The highest BCUT2D eigenvalue weighted by Gasteiger charge is 2.70. The average molecular weight is 552 g/mol. The van der Waals surface area contributed by atoms with Gasteiger partial charge in [-0.15, -0.1) is 0 Å². The summed E-state index contributed by atoms with van der Waals surface area (Å²) < 4.78 is 6.98. The van der Waals surface area contributed by atoms with Crippen molar-refractivity contribution in [2.45, 2.75) is 25.4 Å². The quantitative estimate of drug-likeness (QED) is 0.232. The SMILES string of the molecule is COc1ccc([N+](=O)[O-])cc1N1C(=O)[C@H]2[C@@H](C1=O)[C@@]1(N[C@H]2C(C)C)c2ccccc2-n2c1nc1ccccc1c2=O. The van der Waals surface area contributed by atoms with Gasteiger partial charge in [0, 0.05) is 23.7 Å². The van der Waals surface area contributed by atoms with Crippen LogP contribution in [0.4, 0.5) is 11.4 Å². The maximum atomic E-state index is 14.6. The maximum absolute atomic E-state index is 14.6. The Morgan fingerprint density at radius 1 is 1.00 bits per heavy atom. The van der Waals surface area contributed by atoms with Crippen LogP contribution in [-0.2, 0) is 15.1 Å². The second-order valence-corrected chi connectivity index (χ2v) is 11.0. The van der Waals surface area contributed by atoms with E-state index in [0.29, 0.717) is 28.0 Å². The number of para-hydroxylation sites is 2. The van der Waals surface area contributed by atoms with Crippen LogP contribution in [0.1, 0.15) is 25.2 Å². The van der Waals surface area contributed by atoms with Gasteiger partial charge < -0.3 is 4.74 Å². The normalized spacial score (nSPS) is 24.3. The Morgan fingerprint density at radius 2 is 1.73 bits per heavy atom. The highest BCUT2D eigenvalue weighted by atomic mass is 16.6. The number of aromatic nitrogens is 2. The zero-order valence-corrected chi connectivity index (χ0v) is 22.4. The molecule has 1 N–H and O–H groups in total. The van der Waals surface area contributed by atoms with Gasteiger partial charge in [0.15, 0.2) is 0 Å². The summed E-state index contributed by atoms with van der Waals surface area (Å²) in [5.74, 6) is -2.41. The van der Waals surface area contributed by atoms with Crippen LogP contribution in [0.2, 0.25) is 0 Å². The third kappa shape index (κ3) is 3.12. The number of non-ortho nitro benzene ring substituents is 1. The first kappa shape index (κ1) is 25.1. The van der Waals surface area contributed by atoms with Crippen molar-refractivity contribution in [3.05, 3.63) is 98.6 Å². The van der Waals surface area contributed by atoms with E-state index in [9.17, 15) is 24.5 Å². The largest absolute Gasteiger partial charge is 0.495 e. The first-order valence-corrected chi connectivity index (χ1v) is 13.3. The number of benzene rings is 3. The van der Waals surface area contributed by atoms with Crippen molar-refractivity contribution >= 4 is 34.1 Å². The summed E-state index contributed by atoms with van der Waals surface area (Å²) >= 11 is 0. The van der Waals surface area contributed by atoms with Gasteiger partial charge in [0.1, 0.15) is 22.8 Å². The van der Waals surface area contributed by atoms with Crippen LogP contribution in [0.25, 0.3) is 16.6 Å². The van der Waals surface area contributed by atoms with E-state index in [-0.39, 0.29) is 28.6 Å². The van der Waals surface area contributed by atoms with Crippen LogP contribution in [0.5, 0.6) is 5.75 Å². The molecule has 206 valence electrons. The molecule has 0 unspecified atom stereocenters. The van der Waals surface area contributed by atoms with Crippen molar-refractivity contribution in [3.63, 3.8) is 0 Å². The van der Waals surface area contributed by atoms with E-state index in [1.54, 1.807) is 28.8 Å². The third-order valence-electron chi connectivity index (χ3n) is 8.63. The second kappa shape index (κ2) is 8.55. The molecule has 0 saturated carbocycles. The molecular formula is C30H25N5O6. The fourth-order valence-electron chi connectivity index (χ4n) is 6.93. The van der Waals surface area contributed by atoms with Gasteiger partial charge >= 0.3 is 0 Å². The van der Waals surface area contributed by atoms with Gasteiger partial charge in [0.05, 0.1) is 40.5 Å². The molecule has 0 radical (unpaired) electrons. The van der Waals surface area contributed by atoms with Crippen LogP contribution >= 0.6 is 0 Å². The number of hydrogen-bond donors (Lipinski definition) is 1. The molecule has 3 aliphatic heterocycles. The van der Waals surface area contributed by atoms with E-state index in [0.717, 1.165) is 4.90 Å². The Hall–Kier alpha value is -4.90. The molecule has 41 heavy (non-hydrogen) atoms.